The monoisotopic (exact) mass is 420 g/mol. The summed E-state index contributed by atoms with van der Waals surface area (Å²) in [5, 5.41) is 8.89. The molecule has 2 aliphatic rings. The van der Waals surface area contributed by atoms with Crippen LogP contribution < -0.4 is 16.0 Å². The molecule has 31 heavy (non-hydrogen) atoms. The molecule has 1 aliphatic carbocycles. The number of nitrogens with one attached hydrogen (secondary N) is 3. The molecular weight excluding hydrogens is 392 g/mol. The highest BCUT2D eigenvalue weighted by Crippen LogP contribution is 2.21. The van der Waals surface area contributed by atoms with Gasteiger partial charge in [0.15, 0.2) is 0 Å². The number of para-hydroxylation sites is 1. The van der Waals surface area contributed by atoms with E-state index in [-0.39, 0.29) is 30.3 Å². The summed E-state index contributed by atoms with van der Waals surface area (Å²) < 4.78 is 0. The predicted molar refractivity (Wildman–Crippen MR) is 119 cm³/mol. The van der Waals surface area contributed by atoms with Crippen LogP contribution in [0.5, 0.6) is 0 Å². The fraction of sp³-hybridized carbons (Fsp3) is 0.375. The van der Waals surface area contributed by atoms with Crippen LogP contribution in [0.3, 0.4) is 0 Å². The number of likely N-dealkylation sites (tertiary alicyclic amines) is 1. The Balaban J connectivity index is 1.25. The third-order valence-corrected chi connectivity index (χ3v) is 5.61. The Morgan fingerprint density at radius 2 is 1.65 bits per heavy atom. The zero-order valence-corrected chi connectivity index (χ0v) is 17.5. The molecule has 1 aliphatic heterocycles. The molecule has 0 radical (unpaired) electrons. The van der Waals surface area contributed by atoms with Gasteiger partial charge in [-0.1, -0.05) is 24.3 Å². The normalized spacial score (nSPS) is 15.4. The summed E-state index contributed by atoms with van der Waals surface area (Å²) in [5.74, 6) is -0.217. The molecule has 0 unspecified atom stereocenters. The molecule has 0 bridgehead atoms. The third-order valence-electron chi connectivity index (χ3n) is 5.61. The lowest BCUT2D eigenvalue weighted by molar-refractivity contribution is -0.119. The first-order valence-corrected chi connectivity index (χ1v) is 10.9. The molecule has 1 saturated carbocycles. The van der Waals surface area contributed by atoms with Crippen LogP contribution in [-0.4, -0.2) is 48.3 Å². The van der Waals surface area contributed by atoms with Gasteiger partial charge < -0.3 is 20.9 Å². The lowest BCUT2D eigenvalue weighted by Gasteiger charge is -2.15. The molecule has 2 aromatic carbocycles. The van der Waals surface area contributed by atoms with E-state index < -0.39 is 0 Å². The zero-order valence-electron chi connectivity index (χ0n) is 17.5. The Kier molecular flexibility index (Phi) is 6.50. The van der Waals surface area contributed by atoms with Crippen molar-refractivity contribution in [2.24, 2.45) is 0 Å². The second-order valence-electron chi connectivity index (χ2n) is 8.12. The molecule has 7 heteroatoms. The van der Waals surface area contributed by atoms with Gasteiger partial charge in [-0.15, -0.1) is 0 Å². The summed E-state index contributed by atoms with van der Waals surface area (Å²) >= 11 is 0. The van der Waals surface area contributed by atoms with Crippen molar-refractivity contribution in [3.8, 4) is 0 Å². The van der Waals surface area contributed by atoms with Crippen molar-refractivity contribution in [2.75, 3.05) is 25.0 Å². The van der Waals surface area contributed by atoms with Crippen LogP contribution in [0.25, 0.3) is 0 Å². The molecule has 2 fully saturated rings. The molecular formula is C24H28N4O3. The van der Waals surface area contributed by atoms with Crippen molar-refractivity contribution in [1.82, 2.24) is 15.5 Å². The van der Waals surface area contributed by atoms with E-state index in [1.807, 2.05) is 41.3 Å². The summed E-state index contributed by atoms with van der Waals surface area (Å²) in [6, 6.07) is 14.8. The van der Waals surface area contributed by atoms with E-state index in [4.69, 9.17) is 0 Å². The van der Waals surface area contributed by atoms with Crippen LogP contribution >= 0.6 is 0 Å². The molecule has 0 aromatic heterocycles. The average Bonchev–Trinajstić information content (AvgIpc) is 3.44. The van der Waals surface area contributed by atoms with E-state index in [1.54, 1.807) is 12.1 Å². The van der Waals surface area contributed by atoms with Gasteiger partial charge in [0.05, 0.1) is 12.1 Å². The van der Waals surface area contributed by atoms with Crippen molar-refractivity contribution in [3.63, 3.8) is 0 Å². The number of hydrogen-bond donors (Lipinski definition) is 3. The minimum atomic E-state index is -0.172. The van der Waals surface area contributed by atoms with Gasteiger partial charge in [0.2, 0.25) is 5.91 Å². The Labute approximate surface area is 182 Å². The second kappa shape index (κ2) is 9.64. The SMILES string of the molecule is O=C(CNc1ccccc1C(=O)NC1CC1)NCc1ccc(C(=O)N2CCCC2)cc1. The highest BCUT2D eigenvalue weighted by molar-refractivity contribution is 6.00. The lowest BCUT2D eigenvalue weighted by atomic mass is 10.1. The van der Waals surface area contributed by atoms with Crippen molar-refractivity contribution in [2.45, 2.75) is 38.3 Å². The predicted octanol–water partition coefficient (Wildman–Crippen LogP) is 2.54. The summed E-state index contributed by atoms with van der Waals surface area (Å²) in [6.45, 7) is 2.10. The Morgan fingerprint density at radius 3 is 2.35 bits per heavy atom. The second-order valence-corrected chi connectivity index (χ2v) is 8.12. The molecule has 3 amide bonds. The van der Waals surface area contributed by atoms with Crippen LogP contribution in [0, 0.1) is 0 Å². The highest BCUT2D eigenvalue weighted by atomic mass is 16.2. The van der Waals surface area contributed by atoms with Crippen LogP contribution in [0.4, 0.5) is 5.69 Å². The molecule has 162 valence electrons. The van der Waals surface area contributed by atoms with Crippen molar-refractivity contribution >= 4 is 23.4 Å². The zero-order chi connectivity index (χ0) is 21.6. The van der Waals surface area contributed by atoms with E-state index in [0.717, 1.165) is 44.3 Å². The van der Waals surface area contributed by atoms with E-state index in [1.165, 1.54) is 0 Å². The number of hydrogen-bond acceptors (Lipinski definition) is 4. The standard InChI is InChI=1S/C24H28N4O3/c29-22(16-25-21-6-2-1-5-20(21)23(30)27-19-11-12-19)26-15-17-7-9-18(10-8-17)24(31)28-13-3-4-14-28/h1-2,5-10,19,25H,3-4,11-16H2,(H,26,29)(H,27,30). The van der Waals surface area contributed by atoms with Gasteiger partial charge in [-0.2, -0.15) is 0 Å². The number of carbonyl (C=O) groups excluding carboxylic acids is 3. The average molecular weight is 421 g/mol. The van der Waals surface area contributed by atoms with E-state index in [0.29, 0.717) is 23.4 Å². The van der Waals surface area contributed by atoms with Gasteiger partial charge in [-0.3, -0.25) is 14.4 Å². The minimum absolute atomic E-state index is 0.0687. The maximum Gasteiger partial charge on any atom is 0.253 e. The number of nitrogens with zero attached hydrogens (tertiary/aromatic N) is 1. The number of rotatable bonds is 8. The summed E-state index contributed by atoms with van der Waals surface area (Å²) in [6.07, 6.45) is 4.19. The fourth-order valence-corrected chi connectivity index (χ4v) is 3.63. The van der Waals surface area contributed by atoms with Gasteiger partial charge in [-0.25, -0.2) is 0 Å². The van der Waals surface area contributed by atoms with E-state index in [9.17, 15) is 14.4 Å². The smallest absolute Gasteiger partial charge is 0.253 e. The molecule has 2 aromatic rings. The molecule has 0 atom stereocenters. The van der Waals surface area contributed by atoms with Crippen LogP contribution in [-0.2, 0) is 11.3 Å². The van der Waals surface area contributed by atoms with Crippen molar-refractivity contribution in [3.05, 3.63) is 65.2 Å². The summed E-state index contributed by atoms with van der Waals surface area (Å²) in [4.78, 5) is 38.9. The Hall–Kier alpha value is -3.35. The van der Waals surface area contributed by atoms with E-state index >= 15 is 0 Å². The van der Waals surface area contributed by atoms with Gasteiger partial charge in [0, 0.05) is 36.9 Å². The first-order chi connectivity index (χ1) is 15.1. The maximum atomic E-state index is 12.4. The molecule has 4 rings (SSSR count). The quantitative estimate of drug-likeness (QED) is 0.612. The largest absolute Gasteiger partial charge is 0.376 e. The first kappa shape index (κ1) is 20.9. The van der Waals surface area contributed by atoms with Crippen LogP contribution in [0.1, 0.15) is 52.0 Å². The summed E-state index contributed by atoms with van der Waals surface area (Å²) in [7, 11) is 0. The number of amides is 3. The molecule has 3 N–H and O–H groups in total. The van der Waals surface area contributed by atoms with Gasteiger partial charge in [0.1, 0.15) is 0 Å². The number of anilines is 1. The number of benzene rings is 2. The summed E-state index contributed by atoms with van der Waals surface area (Å²) in [5.41, 5.74) is 2.79. The molecule has 1 saturated heterocycles. The molecule has 1 heterocycles. The topological polar surface area (TPSA) is 90.5 Å². The molecule has 0 spiro atoms. The first-order valence-electron chi connectivity index (χ1n) is 10.9. The van der Waals surface area contributed by atoms with Crippen LogP contribution in [0.2, 0.25) is 0 Å². The van der Waals surface area contributed by atoms with Gasteiger partial charge in [-0.05, 0) is 55.5 Å². The maximum absolute atomic E-state index is 12.4. The van der Waals surface area contributed by atoms with Gasteiger partial charge >= 0.3 is 0 Å². The lowest BCUT2D eigenvalue weighted by Crippen LogP contribution is -2.31. The third kappa shape index (κ3) is 5.63. The van der Waals surface area contributed by atoms with Crippen LogP contribution in [0.15, 0.2) is 48.5 Å². The highest BCUT2D eigenvalue weighted by Gasteiger charge is 2.24. The fourth-order valence-electron chi connectivity index (χ4n) is 3.63. The van der Waals surface area contributed by atoms with Crippen molar-refractivity contribution < 1.29 is 14.4 Å². The molecule has 7 nitrogen and oxygen atoms in total. The van der Waals surface area contributed by atoms with Crippen molar-refractivity contribution in [1.29, 1.82) is 0 Å². The van der Waals surface area contributed by atoms with E-state index in [2.05, 4.69) is 16.0 Å². The minimum Gasteiger partial charge on any atom is -0.376 e. The Morgan fingerprint density at radius 1 is 0.935 bits per heavy atom. The van der Waals surface area contributed by atoms with Gasteiger partial charge in [0.25, 0.3) is 11.8 Å². The Bertz CT molecular complexity index is 948. The number of carbonyl (C=O) groups is 3.